The molecule has 4 aromatic rings. The van der Waals surface area contributed by atoms with E-state index >= 15 is 0 Å². The van der Waals surface area contributed by atoms with Crippen LogP contribution in [0.15, 0.2) is 70.8 Å². The molecule has 1 aromatic heterocycles. The van der Waals surface area contributed by atoms with E-state index in [0.29, 0.717) is 39.5 Å². The van der Waals surface area contributed by atoms with Gasteiger partial charge in [0.15, 0.2) is 5.76 Å². The van der Waals surface area contributed by atoms with E-state index in [-0.39, 0.29) is 23.1 Å². The minimum Gasteiger partial charge on any atom is -0.497 e. The van der Waals surface area contributed by atoms with Crippen LogP contribution >= 0.6 is 0 Å². The molecule has 0 unspecified atom stereocenters. The summed E-state index contributed by atoms with van der Waals surface area (Å²) in [5.41, 5.74) is 2.26. The van der Waals surface area contributed by atoms with Gasteiger partial charge in [-0.15, -0.1) is 0 Å². The van der Waals surface area contributed by atoms with Crippen molar-refractivity contribution in [3.05, 3.63) is 88.9 Å². The van der Waals surface area contributed by atoms with Gasteiger partial charge in [-0.2, -0.15) is 0 Å². The van der Waals surface area contributed by atoms with Crippen LogP contribution in [0.1, 0.15) is 32.0 Å². The predicted octanol–water partition coefficient (Wildman–Crippen LogP) is 5.59. The molecule has 0 fully saturated rings. The Hall–Kier alpha value is -4.52. The summed E-state index contributed by atoms with van der Waals surface area (Å²) < 4.78 is 27.6. The number of para-hydroxylation sites is 1. The second-order valence-electron chi connectivity index (χ2n) is 7.70. The summed E-state index contributed by atoms with van der Waals surface area (Å²) in [6.45, 7) is 1.76. The van der Waals surface area contributed by atoms with Crippen LogP contribution in [0.3, 0.4) is 0 Å². The van der Waals surface area contributed by atoms with E-state index in [2.05, 4.69) is 0 Å². The molecule has 0 N–H and O–H groups in total. The summed E-state index contributed by atoms with van der Waals surface area (Å²) in [5.74, 6) is 1.04. The lowest BCUT2D eigenvalue weighted by Crippen LogP contribution is -2.07. The molecule has 0 saturated carbocycles. The van der Waals surface area contributed by atoms with Crippen LogP contribution in [-0.2, 0) is 0 Å². The number of allylic oxidation sites excluding steroid dienone is 1. The Morgan fingerprint density at radius 3 is 2.53 bits per heavy atom. The van der Waals surface area contributed by atoms with E-state index in [9.17, 15) is 9.59 Å². The van der Waals surface area contributed by atoms with Crippen molar-refractivity contribution in [2.45, 2.75) is 6.92 Å². The molecule has 5 rings (SSSR count). The molecule has 7 nitrogen and oxygen atoms in total. The topological polar surface area (TPSA) is 84.2 Å². The molecule has 0 aliphatic carbocycles. The van der Waals surface area contributed by atoms with E-state index < -0.39 is 5.97 Å². The van der Waals surface area contributed by atoms with Crippen molar-refractivity contribution in [1.82, 2.24) is 0 Å². The predicted molar refractivity (Wildman–Crippen MR) is 125 cm³/mol. The smallest absolute Gasteiger partial charge is 0.379 e. The highest BCUT2D eigenvalue weighted by Gasteiger charge is 2.31. The van der Waals surface area contributed by atoms with E-state index in [1.807, 2.05) is 18.2 Å². The number of ketones is 1. The molecule has 7 heteroatoms. The fourth-order valence-corrected chi connectivity index (χ4v) is 3.87. The SMILES string of the molecule is COc1ccc(OC)c(/C=C2\Oc3cc(OC(=O)c4cc5ccccc5o4)cc(C)c3C2=O)c1. The number of esters is 1. The maximum Gasteiger partial charge on any atom is 0.379 e. The van der Waals surface area contributed by atoms with Gasteiger partial charge in [0.2, 0.25) is 11.5 Å². The molecule has 170 valence electrons. The first-order valence-electron chi connectivity index (χ1n) is 10.5. The van der Waals surface area contributed by atoms with Gasteiger partial charge in [0.05, 0.1) is 19.8 Å². The number of hydrogen-bond donors (Lipinski definition) is 0. The number of Topliss-reactive ketones (excluding diaryl/α,β-unsaturated/α-hetero) is 1. The summed E-state index contributed by atoms with van der Waals surface area (Å²) in [5, 5.41) is 0.802. The second kappa shape index (κ2) is 8.44. The molecule has 0 bridgehead atoms. The van der Waals surface area contributed by atoms with E-state index in [1.165, 1.54) is 6.07 Å². The van der Waals surface area contributed by atoms with Crippen LogP contribution in [0.25, 0.3) is 17.0 Å². The zero-order chi connectivity index (χ0) is 23.8. The Bertz CT molecular complexity index is 1440. The van der Waals surface area contributed by atoms with Gasteiger partial charge in [0.25, 0.3) is 0 Å². The summed E-state index contributed by atoms with van der Waals surface area (Å²) in [7, 11) is 3.10. The van der Waals surface area contributed by atoms with E-state index in [4.69, 9.17) is 23.4 Å². The Balaban J connectivity index is 1.43. The average molecular weight is 456 g/mol. The zero-order valence-electron chi connectivity index (χ0n) is 18.7. The Morgan fingerprint density at radius 1 is 0.941 bits per heavy atom. The number of carbonyl (C=O) groups excluding carboxylic acids is 2. The molecule has 0 radical (unpaired) electrons. The quantitative estimate of drug-likeness (QED) is 0.220. The molecule has 2 heterocycles. The normalized spacial score (nSPS) is 13.6. The van der Waals surface area contributed by atoms with E-state index in [0.717, 1.165) is 5.39 Å². The monoisotopic (exact) mass is 456 g/mol. The summed E-state index contributed by atoms with van der Waals surface area (Å²) in [4.78, 5) is 25.7. The van der Waals surface area contributed by atoms with Crippen molar-refractivity contribution < 1.29 is 33.0 Å². The number of carbonyl (C=O) groups is 2. The Morgan fingerprint density at radius 2 is 1.76 bits per heavy atom. The molecule has 1 aliphatic heterocycles. The van der Waals surface area contributed by atoms with Crippen LogP contribution in [0.4, 0.5) is 0 Å². The third kappa shape index (κ3) is 3.77. The van der Waals surface area contributed by atoms with Crippen molar-refractivity contribution in [2.24, 2.45) is 0 Å². The number of ether oxygens (including phenoxy) is 4. The largest absolute Gasteiger partial charge is 0.497 e. The number of fused-ring (bicyclic) bond motifs is 2. The van der Waals surface area contributed by atoms with Crippen LogP contribution in [0.2, 0.25) is 0 Å². The lowest BCUT2D eigenvalue weighted by atomic mass is 10.0. The van der Waals surface area contributed by atoms with Gasteiger partial charge in [0, 0.05) is 17.0 Å². The van der Waals surface area contributed by atoms with E-state index in [1.54, 1.807) is 63.6 Å². The van der Waals surface area contributed by atoms with Crippen LogP contribution < -0.4 is 18.9 Å². The van der Waals surface area contributed by atoms with Gasteiger partial charge in [-0.25, -0.2) is 4.79 Å². The van der Waals surface area contributed by atoms with Gasteiger partial charge in [-0.3, -0.25) is 4.79 Å². The standard InChI is InChI=1S/C27H20O7/c1-15-10-19(32-27(29)24-12-16-6-4-5-7-21(16)33-24)14-22-25(15)26(28)23(34-22)13-17-11-18(30-2)8-9-20(17)31-3/h4-14H,1-3H3/b23-13-. The Kier molecular flexibility index (Phi) is 5.30. The van der Waals surface area contributed by atoms with Crippen molar-refractivity contribution in [2.75, 3.05) is 14.2 Å². The highest BCUT2D eigenvalue weighted by molar-refractivity contribution is 6.15. The van der Waals surface area contributed by atoms with Crippen molar-refractivity contribution in [3.63, 3.8) is 0 Å². The molecule has 0 atom stereocenters. The van der Waals surface area contributed by atoms with Crippen LogP contribution in [0.5, 0.6) is 23.0 Å². The zero-order valence-corrected chi connectivity index (χ0v) is 18.7. The van der Waals surface area contributed by atoms with Crippen LogP contribution in [0, 0.1) is 6.92 Å². The first-order valence-corrected chi connectivity index (χ1v) is 10.5. The number of aryl methyl sites for hydroxylation is 1. The number of furan rings is 1. The highest BCUT2D eigenvalue weighted by atomic mass is 16.5. The highest BCUT2D eigenvalue weighted by Crippen LogP contribution is 2.39. The fraction of sp³-hybridized carbons (Fsp3) is 0.111. The van der Waals surface area contributed by atoms with Crippen molar-refractivity contribution in [3.8, 4) is 23.0 Å². The Labute approximate surface area is 195 Å². The molecule has 3 aromatic carbocycles. The minimum atomic E-state index is -0.642. The number of hydrogen-bond acceptors (Lipinski definition) is 7. The second-order valence-corrected chi connectivity index (χ2v) is 7.70. The molecular formula is C27H20O7. The minimum absolute atomic E-state index is 0.0852. The van der Waals surface area contributed by atoms with Gasteiger partial charge in [0.1, 0.15) is 28.6 Å². The molecule has 1 aliphatic rings. The molecular weight excluding hydrogens is 436 g/mol. The average Bonchev–Trinajstić information content (AvgIpc) is 3.40. The maximum absolute atomic E-state index is 13.0. The van der Waals surface area contributed by atoms with Crippen molar-refractivity contribution in [1.29, 1.82) is 0 Å². The summed E-state index contributed by atoms with van der Waals surface area (Å²) >= 11 is 0. The lowest BCUT2D eigenvalue weighted by Gasteiger charge is -2.08. The number of methoxy groups -OCH3 is 2. The third-order valence-corrected chi connectivity index (χ3v) is 5.50. The number of rotatable bonds is 5. The third-order valence-electron chi connectivity index (χ3n) is 5.50. The van der Waals surface area contributed by atoms with Gasteiger partial charge in [-0.05, 0) is 55.0 Å². The number of benzene rings is 3. The van der Waals surface area contributed by atoms with Crippen molar-refractivity contribution >= 4 is 28.8 Å². The molecule has 0 saturated heterocycles. The molecule has 0 amide bonds. The summed E-state index contributed by atoms with van der Waals surface area (Å²) in [6.07, 6.45) is 1.60. The molecule has 34 heavy (non-hydrogen) atoms. The molecule has 0 spiro atoms. The first kappa shape index (κ1) is 21.3. The summed E-state index contributed by atoms with van der Waals surface area (Å²) in [6, 6.07) is 17.3. The maximum atomic E-state index is 13.0. The van der Waals surface area contributed by atoms with Gasteiger partial charge >= 0.3 is 5.97 Å². The lowest BCUT2D eigenvalue weighted by molar-refractivity contribution is 0.0703. The van der Waals surface area contributed by atoms with Crippen LogP contribution in [-0.4, -0.2) is 26.0 Å². The van der Waals surface area contributed by atoms with Gasteiger partial charge in [-0.1, -0.05) is 18.2 Å². The first-order chi connectivity index (χ1) is 16.5. The van der Waals surface area contributed by atoms with Gasteiger partial charge < -0.3 is 23.4 Å². The fourth-order valence-electron chi connectivity index (χ4n) is 3.87.